The average molecular weight is 305 g/mol. The number of carbonyl (C=O) groups is 1. The Morgan fingerprint density at radius 2 is 2.26 bits per heavy atom. The number of benzene rings is 1. The first-order valence-corrected chi connectivity index (χ1v) is 6.36. The second-order valence-corrected chi connectivity index (χ2v) is 4.89. The van der Waals surface area contributed by atoms with Gasteiger partial charge >= 0.3 is 0 Å². The van der Waals surface area contributed by atoms with Gasteiger partial charge < -0.3 is 15.0 Å². The van der Waals surface area contributed by atoms with Crippen LogP contribution in [0.1, 0.15) is 17.3 Å². The fourth-order valence-corrected chi connectivity index (χ4v) is 2.29. The van der Waals surface area contributed by atoms with E-state index in [4.69, 9.17) is 16.3 Å². The van der Waals surface area contributed by atoms with Crippen LogP contribution in [-0.2, 0) is 0 Å². The first-order chi connectivity index (χ1) is 8.61. The van der Waals surface area contributed by atoms with Crippen LogP contribution < -0.4 is 10.1 Å². The lowest BCUT2D eigenvalue weighted by atomic mass is 10.1. The zero-order valence-corrected chi connectivity index (χ0v) is 12.6. The molecule has 1 atom stereocenters. The Hall–Kier alpha value is -0.970. The number of methoxy groups -OCH3 is 1. The number of hydrogen-bond acceptors (Lipinski definition) is 3. The summed E-state index contributed by atoms with van der Waals surface area (Å²) in [6.07, 6.45) is 0. The van der Waals surface area contributed by atoms with Crippen LogP contribution in [0.3, 0.4) is 0 Å². The van der Waals surface area contributed by atoms with Crippen LogP contribution in [0.25, 0.3) is 0 Å². The molecular weight excluding hydrogens is 287 g/mol. The first-order valence-electron chi connectivity index (χ1n) is 5.98. The molecule has 4 nitrogen and oxygen atoms in total. The second kappa shape index (κ2) is 6.98. The molecule has 1 fully saturated rings. The summed E-state index contributed by atoms with van der Waals surface area (Å²) in [5.41, 5.74) is 0.566. The van der Waals surface area contributed by atoms with E-state index in [1.54, 1.807) is 25.3 Å². The lowest BCUT2D eigenvalue weighted by molar-refractivity contribution is 0.0705. The standard InChI is InChI=1S/C13H17ClN2O2.ClH/c1-9-8-16(6-5-15-9)13(17)11-4-3-10(14)7-12(11)18-2;/h3-4,7,9,15H,5-6,8H2,1-2H3;1H/t9-;/m0./s1. The lowest BCUT2D eigenvalue weighted by Gasteiger charge is -2.32. The highest BCUT2D eigenvalue weighted by molar-refractivity contribution is 6.30. The Labute approximate surface area is 124 Å². The van der Waals surface area contributed by atoms with Crippen LogP contribution in [0.5, 0.6) is 5.75 Å². The molecule has 1 aliphatic rings. The maximum Gasteiger partial charge on any atom is 0.257 e. The third-order valence-electron chi connectivity index (χ3n) is 3.05. The van der Waals surface area contributed by atoms with Crippen molar-refractivity contribution in [3.05, 3.63) is 28.8 Å². The topological polar surface area (TPSA) is 41.6 Å². The molecule has 106 valence electrons. The molecular formula is C13H18Cl2N2O2. The van der Waals surface area contributed by atoms with E-state index in [1.807, 2.05) is 4.90 Å². The summed E-state index contributed by atoms with van der Waals surface area (Å²) in [5, 5.41) is 3.88. The number of piperazine rings is 1. The summed E-state index contributed by atoms with van der Waals surface area (Å²) < 4.78 is 5.22. The maximum atomic E-state index is 12.4. The Balaban J connectivity index is 0.00000180. The maximum absolute atomic E-state index is 12.4. The van der Waals surface area contributed by atoms with E-state index in [9.17, 15) is 4.79 Å². The van der Waals surface area contributed by atoms with Crippen molar-refractivity contribution in [3.63, 3.8) is 0 Å². The minimum Gasteiger partial charge on any atom is -0.496 e. The highest BCUT2D eigenvalue weighted by Crippen LogP contribution is 2.24. The van der Waals surface area contributed by atoms with Crippen molar-refractivity contribution in [2.45, 2.75) is 13.0 Å². The number of ether oxygens (including phenoxy) is 1. The fourth-order valence-electron chi connectivity index (χ4n) is 2.13. The third kappa shape index (κ3) is 3.75. The smallest absolute Gasteiger partial charge is 0.257 e. The van der Waals surface area contributed by atoms with Crippen molar-refractivity contribution in [1.29, 1.82) is 0 Å². The number of carbonyl (C=O) groups excluding carboxylic acids is 1. The largest absolute Gasteiger partial charge is 0.496 e. The summed E-state index contributed by atoms with van der Waals surface area (Å²) in [5.74, 6) is 0.524. The Morgan fingerprint density at radius 3 is 2.89 bits per heavy atom. The van der Waals surface area contributed by atoms with Crippen LogP contribution in [0, 0.1) is 0 Å². The lowest BCUT2D eigenvalue weighted by Crippen LogP contribution is -2.51. The predicted molar refractivity (Wildman–Crippen MR) is 78.6 cm³/mol. The minimum atomic E-state index is -0.00290. The Morgan fingerprint density at radius 1 is 1.53 bits per heavy atom. The Kier molecular flexibility index (Phi) is 5.91. The van der Waals surface area contributed by atoms with Crippen LogP contribution in [0.15, 0.2) is 18.2 Å². The van der Waals surface area contributed by atoms with Crippen molar-refractivity contribution in [2.24, 2.45) is 0 Å². The van der Waals surface area contributed by atoms with Gasteiger partial charge in [-0.3, -0.25) is 4.79 Å². The van der Waals surface area contributed by atoms with Gasteiger partial charge in [0.25, 0.3) is 5.91 Å². The number of nitrogens with one attached hydrogen (secondary N) is 1. The summed E-state index contributed by atoms with van der Waals surface area (Å²) in [6, 6.07) is 5.42. The van der Waals surface area contributed by atoms with Gasteiger partial charge in [-0.2, -0.15) is 0 Å². The summed E-state index contributed by atoms with van der Waals surface area (Å²) in [6.45, 7) is 4.32. The molecule has 0 aliphatic carbocycles. The number of halogens is 2. The van der Waals surface area contributed by atoms with E-state index in [2.05, 4.69) is 12.2 Å². The van der Waals surface area contributed by atoms with Crippen LogP contribution in [0.2, 0.25) is 5.02 Å². The zero-order valence-electron chi connectivity index (χ0n) is 11.0. The molecule has 0 radical (unpaired) electrons. The molecule has 1 aliphatic heterocycles. The normalized spacial score (nSPS) is 18.7. The number of nitrogens with zero attached hydrogens (tertiary/aromatic N) is 1. The number of amides is 1. The summed E-state index contributed by atoms with van der Waals surface area (Å²) in [4.78, 5) is 14.3. The molecule has 0 aromatic heterocycles. The Bertz CT molecular complexity index is 454. The van der Waals surface area contributed by atoms with Gasteiger partial charge in [0, 0.05) is 30.7 Å². The van der Waals surface area contributed by atoms with E-state index in [-0.39, 0.29) is 18.3 Å². The molecule has 0 unspecified atom stereocenters. The van der Waals surface area contributed by atoms with Gasteiger partial charge in [0.15, 0.2) is 0 Å². The molecule has 1 N–H and O–H groups in total. The number of rotatable bonds is 2. The van der Waals surface area contributed by atoms with E-state index in [0.717, 1.165) is 13.1 Å². The molecule has 0 saturated carbocycles. The molecule has 0 spiro atoms. The van der Waals surface area contributed by atoms with Gasteiger partial charge in [0.05, 0.1) is 12.7 Å². The van der Waals surface area contributed by atoms with Gasteiger partial charge in [-0.1, -0.05) is 11.6 Å². The van der Waals surface area contributed by atoms with Crippen molar-refractivity contribution in [3.8, 4) is 5.75 Å². The summed E-state index contributed by atoms with van der Waals surface area (Å²) in [7, 11) is 1.54. The molecule has 0 bridgehead atoms. The van der Waals surface area contributed by atoms with Crippen molar-refractivity contribution in [2.75, 3.05) is 26.7 Å². The predicted octanol–water partition coefficient (Wildman–Crippen LogP) is 2.20. The van der Waals surface area contributed by atoms with Crippen LogP contribution in [0.4, 0.5) is 0 Å². The monoisotopic (exact) mass is 304 g/mol. The van der Waals surface area contributed by atoms with Crippen molar-refractivity contribution < 1.29 is 9.53 Å². The van der Waals surface area contributed by atoms with Crippen molar-refractivity contribution in [1.82, 2.24) is 10.2 Å². The highest BCUT2D eigenvalue weighted by atomic mass is 35.5. The quantitative estimate of drug-likeness (QED) is 0.911. The van der Waals surface area contributed by atoms with Gasteiger partial charge in [-0.25, -0.2) is 0 Å². The zero-order chi connectivity index (χ0) is 13.1. The average Bonchev–Trinajstić information content (AvgIpc) is 2.37. The van der Waals surface area contributed by atoms with Gasteiger partial charge in [0.1, 0.15) is 5.75 Å². The van der Waals surface area contributed by atoms with E-state index in [1.165, 1.54) is 0 Å². The second-order valence-electron chi connectivity index (χ2n) is 4.45. The first kappa shape index (κ1) is 16.1. The fraction of sp³-hybridized carbons (Fsp3) is 0.462. The SMILES string of the molecule is COc1cc(Cl)ccc1C(=O)N1CCN[C@@H](C)C1.Cl. The molecule has 19 heavy (non-hydrogen) atoms. The molecule has 1 aromatic rings. The van der Waals surface area contributed by atoms with Crippen molar-refractivity contribution >= 4 is 29.9 Å². The molecule has 1 amide bonds. The highest BCUT2D eigenvalue weighted by Gasteiger charge is 2.23. The molecule has 1 aromatic carbocycles. The van der Waals surface area contributed by atoms with Gasteiger partial charge in [-0.15, -0.1) is 12.4 Å². The van der Waals surface area contributed by atoms with Gasteiger partial charge in [-0.05, 0) is 25.1 Å². The molecule has 6 heteroatoms. The molecule has 1 heterocycles. The minimum absolute atomic E-state index is 0. The summed E-state index contributed by atoms with van der Waals surface area (Å²) >= 11 is 5.89. The van der Waals surface area contributed by atoms with E-state index < -0.39 is 0 Å². The van der Waals surface area contributed by atoms with E-state index in [0.29, 0.717) is 28.9 Å². The third-order valence-corrected chi connectivity index (χ3v) is 3.29. The molecule has 1 saturated heterocycles. The van der Waals surface area contributed by atoms with E-state index >= 15 is 0 Å². The van der Waals surface area contributed by atoms with Crippen LogP contribution >= 0.6 is 24.0 Å². The molecule has 2 rings (SSSR count). The number of hydrogen-bond donors (Lipinski definition) is 1. The van der Waals surface area contributed by atoms with Gasteiger partial charge in [0.2, 0.25) is 0 Å². The van der Waals surface area contributed by atoms with Crippen LogP contribution in [-0.4, -0.2) is 43.6 Å².